The summed E-state index contributed by atoms with van der Waals surface area (Å²) in [5.74, 6) is 0. The third kappa shape index (κ3) is 2.20. The van der Waals surface area contributed by atoms with Crippen LogP contribution in [0.25, 0.3) is 0 Å². The minimum Gasteiger partial charge on any atom is -0.308 e. The molecule has 0 aromatic heterocycles. The van der Waals surface area contributed by atoms with Gasteiger partial charge in [-0.05, 0) is 37.5 Å². The third-order valence-corrected chi connectivity index (χ3v) is 5.19. The predicted octanol–water partition coefficient (Wildman–Crippen LogP) is 3.15. The summed E-state index contributed by atoms with van der Waals surface area (Å²) in [6.07, 6.45) is 1.49. The van der Waals surface area contributed by atoms with Gasteiger partial charge in [0.1, 0.15) is 0 Å². The highest BCUT2D eigenvalue weighted by Gasteiger charge is 2.22. The van der Waals surface area contributed by atoms with Crippen molar-refractivity contribution in [1.82, 2.24) is 0 Å². The third-order valence-electron chi connectivity index (χ3n) is 2.93. The van der Waals surface area contributed by atoms with Gasteiger partial charge < -0.3 is 5.41 Å². The van der Waals surface area contributed by atoms with Crippen LogP contribution in [0.4, 0.5) is 0 Å². The molecular formula is C13H21NSi. The summed E-state index contributed by atoms with van der Waals surface area (Å²) in [5, 5.41) is 9.01. The van der Waals surface area contributed by atoms with Crippen LogP contribution >= 0.6 is 0 Å². The van der Waals surface area contributed by atoms with Gasteiger partial charge in [-0.15, -0.1) is 0 Å². The molecule has 0 aliphatic carbocycles. The van der Waals surface area contributed by atoms with Crippen LogP contribution in [-0.2, 0) is 0 Å². The van der Waals surface area contributed by atoms with Gasteiger partial charge >= 0.3 is 0 Å². The topological polar surface area (TPSA) is 23.9 Å². The number of hydrogen-bond acceptors (Lipinski definition) is 1. The van der Waals surface area contributed by atoms with E-state index in [4.69, 9.17) is 5.41 Å². The summed E-state index contributed by atoms with van der Waals surface area (Å²) in [5.41, 5.74) is 5.05. The summed E-state index contributed by atoms with van der Waals surface area (Å²) in [6, 6.07) is 2.22. The summed E-state index contributed by atoms with van der Waals surface area (Å²) < 4.78 is 0. The summed E-state index contributed by atoms with van der Waals surface area (Å²) in [7, 11) is -1.30. The lowest BCUT2D eigenvalue weighted by Crippen LogP contribution is -2.42. The van der Waals surface area contributed by atoms with Crippen LogP contribution in [0.2, 0.25) is 19.6 Å². The largest absolute Gasteiger partial charge is 0.308 e. The average Bonchev–Trinajstić information content (AvgIpc) is 2.00. The molecule has 1 N–H and O–H groups in total. The van der Waals surface area contributed by atoms with E-state index in [1.54, 1.807) is 0 Å². The molecule has 0 spiro atoms. The van der Waals surface area contributed by atoms with Gasteiger partial charge in [-0.2, -0.15) is 0 Å². The SMILES string of the molecule is Cc1cc(C)c([Si](C)(C)C)c(C)c1C=N. The van der Waals surface area contributed by atoms with Crippen molar-refractivity contribution in [3.8, 4) is 0 Å². The molecule has 1 aromatic carbocycles. The smallest absolute Gasteiger partial charge is 0.0783 e. The molecule has 1 rings (SSSR count). The molecule has 0 saturated heterocycles. The second kappa shape index (κ2) is 3.93. The first-order chi connectivity index (χ1) is 6.79. The van der Waals surface area contributed by atoms with E-state index in [1.165, 1.54) is 28.1 Å². The zero-order valence-corrected chi connectivity index (χ0v) is 11.7. The highest BCUT2D eigenvalue weighted by atomic mass is 28.3. The molecular weight excluding hydrogens is 198 g/mol. The van der Waals surface area contributed by atoms with Gasteiger partial charge in [0.2, 0.25) is 0 Å². The van der Waals surface area contributed by atoms with Crippen LogP contribution < -0.4 is 5.19 Å². The molecule has 0 heterocycles. The lowest BCUT2D eigenvalue weighted by atomic mass is 10.0. The molecule has 1 aromatic rings. The molecule has 82 valence electrons. The number of hydrogen-bond donors (Lipinski definition) is 1. The molecule has 0 atom stereocenters. The maximum Gasteiger partial charge on any atom is 0.0783 e. The maximum absolute atomic E-state index is 7.49. The maximum atomic E-state index is 7.49. The van der Waals surface area contributed by atoms with Crippen LogP contribution in [0, 0.1) is 26.2 Å². The van der Waals surface area contributed by atoms with E-state index in [1.807, 2.05) is 0 Å². The Morgan fingerprint density at radius 2 is 1.60 bits per heavy atom. The van der Waals surface area contributed by atoms with Crippen molar-refractivity contribution in [3.05, 3.63) is 28.3 Å². The molecule has 0 unspecified atom stereocenters. The van der Waals surface area contributed by atoms with Crippen molar-refractivity contribution in [2.24, 2.45) is 0 Å². The van der Waals surface area contributed by atoms with Crippen LogP contribution in [0.3, 0.4) is 0 Å². The van der Waals surface area contributed by atoms with Crippen molar-refractivity contribution in [2.45, 2.75) is 40.4 Å². The number of nitrogens with one attached hydrogen (secondary N) is 1. The van der Waals surface area contributed by atoms with E-state index in [0.717, 1.165) is 5.56 Å². The Balaban J connectivity index is 3.60. The zero-order chi connectivity index (χ0) is 11.8. The fraction of sp³-hybridized carbons (Fsp3) is 0.462. The normalized spacial score (nSPS) is 11.6. The zero-order valence-electron chi connectivity index (χ0n) is 10.7. The quantitative estimate of drug-likeness (QED) is 0.583. The molecule has 0 aliphatic rings. The van der Waals surface area contributed by atoms with E-state index >= 15 is 0 Å². The molecule has 0 radical (unpaired) electrons. The Bertz CT molecular complexity index is 400. The first kappa shape index (κ1) is 12.2. The summed E-state index contributed by atoms with van der Waals surface area (Å²) in [6.45, 7) is 13.5. The van der Waals surface area contributed by atoms with Crippen molar-refractivity contribution in [3.63, 3.8) is 0 Å². The number of benzene rings is 1. The van der Waals surface area contributed by atoms with Gasteiger partial charge in [0.25, 0.3) is 0 Å². The molecule has 2 heteroatoms. The van der Waals surface area contributed by atoms with Gasteiger partial charge in [0.15, 0.2) is 0 Å². The van der Waals surface area contributed by atoms with Crippen molar-refractivity contribution in [1.29, 1.82) is 5.41 Å². The Morgan fingerprint density at radius 1 is 1.07 bits per heavy atom. The van der Waals surface area contributed by atoms with Gasteiger partial charge in [0, 0.05) is 6.21 Å². The van der Waals surface area contributed by atoms with Crippen molar-refractivity contribution < 1.29 is 0 Å². The second-order valence-corrected chi connectivity index (χ2v) is 10.3. The highest BCUT2D eigenvalue weighted by molar-refractivity contribution is 6.89. The number of rotatable bonds is 2. The monoisotopic (exact) mass is 219 g/mol. The minimum atomic E-state index is -1.30. The number of aryl methyl sites for hydroxylation is 2. The molecule has 1 nitrogen and oxygen atoms in total. The average molecular weight is 219 g/mol. The predicted molar refractivity (Wildman–Crippen MR) is 71.5 cm³/mol. The fourth-order valence-electron chi connectivity index (χ4n) is 2.58. The standard InChI is InChI=1S/C13H21NSi/c1-9-7-10(2)13(15(4,5)6)11(3)12(9)8-14/h7-8,14H,1-6H3. The molecule has 0 fully saturated rings. The van der Waals surface area contributed by atoms with E-state index in [9.17, 15) is 0 Å². The first-order valence-electron chi connectivity index (χ1n) is 5.40. The Kier molecular flexibility index (Phi) is 3.19. The van der Waals surface area contributed by atoms with Crippen molar-refractivity contribution >= 4 is 19.5 Å². The molecule has 15 heavy (non-hydrogen) atoms. The lowest BCUT2D eigenvalue weighted by Gasteiger charge is -2.24. The molecule has 0 aliphatic heterocycles. The van der Waals surface area contributed by atoms with E-state index < -0.39 is 8.07 Å². The van der Waals surface area contributed by atoms with E-state index in [-0.39, 0.29) is 0 Å². The highest BCUT2D eigenvalue weighted by Crippen LogP contribution is 2.17. The first-order valence-corrected chi connectivity index (χ1v) is 8.90. The van der Waals surface area contributed by atoms with E-state index in [2.05, 4.69) is 46.5 Å². The Hall–Kier alpha value is -0.893. The van der Waals surface area contributed by atoms with Gasteiger partial charge in [-0.25, -0.2) is 0 Å². The van der Waals surface area contributed by atoms with Crippen LogP contribution in [0.1, 0.15) is 22.3 Å². The lowest BCUT2D eigenvalue weighted by molar-refractivity contribution is 1.32. The summed E-state index contributed by atoms with van der Waals surface area (Å²) in [4.78, 5) is 0. The Morgan fingerprint density at radius 3 is 2.00 bits per heavy atom. The van der Waals surface area contributed by atoms with Gasteiger partial charge in [-0.3, -0.25) is 0 Å². The van der Waals surface area contributed by atoms with Gasteiger partial charge in [0.05, 0.1) is 8.07 Å². The second-order valence-electron chi connectivity index (χ2n) is 5.32. The molecule has 0 bridgehead atoms. The Labute approximate surface area is 94.1 Å². The van der Waals surface area contributed by atoms with Crippen LogP contribution in [0.15, 0.2) is 6.07 Å². The fourth-order valence-corrected chi connectivity index (χ4v) is 5.09. The van der Waals surface area contributed by atoms with Gasteiger partial charge in [-0.1, -0.05) is 36.5 Å². The van der Waals surface area contributed by atoms with Crippen LogP contribution in [0.5, 0.6) is 0 Å². The molecule has 0 amide bonds. The summed E-state index contributed by atoms with van der Waals surface area (Å²) >= 11 is 0. The van der Waals surface area contributed by atoms with E-state index in [0.29, 0.717) is 0 Å². The molecule has 0 saturated carbocycles. The minimum absolute atomic E-state index is 1.11. The van der Waals surface area contributed by atoms with Crippen molar-refractivity contribution in [2.75, 3.05) is 0 Å². The van der Waals surface area contributed by atoms with Crippen LogP contribution in [-0.4, -0.2) is 14.3 Å².